The van der Waals surface area contributed by atoms with Crippen LogP contribution in [0.25, 0.3) is 0 Å². The molecule has 2 amide bonds. The first kappa shape index (κ1) is 16.0. The normalized spacial score (nSPS) is 25.8. The van der Waals surface area contributed by atoms with Crippen molar-refractivity contribution in [3.05, 3.63) is 17.5 Å². The summed E-state index contributed by atoms with van der Waals surface area (Å²) in [6.45, 7) is 3.85. The molecule has 0 aliphatic carbocycles. The maximum atomic E-state index is 12.8. The summed E-state index contributed by atoms with van der Waals surface area (Å²) in [5.41, 5.74) is 0.550. The molecule has 2 aliphatic rings. The van der Waals surface area contributed by atoms with Gasteiger partial charge in [-0.1, -0.05) is 0 Å². The van der Waals surface area contributed by atoms with E-state index in [0.717, 1.165) is 25.1 Å². The second-order valence-corrected chi connectivity index (χ2v) is 6.52. The maximum Gasteiger partial charge on any atom is 0.257 e. The van der Waals surface area contributed by atoms with E-state index in [4.69, 9.17) is 4.74 Å². The van der Waals surface area contributed by atoms with Gasteiger partial charge >= 0.3 is 0 Å². The lowest BCUT2D eigenvalue weighted by atomic mass is 9.94. The van der Waals surface area contributed by atoms with Gasteiger partial charge in [0.25, 0.3) is 11.8 Å². The third kappa shape index (κ3) is 2.73. The van der Waals surface area contributed by atoms with Crippen LogP contribution in [0.1, 0.15) is 35.3 Å². The minimum absolute atomic E-state index is 0.00425. The summed E-state index contributed by atoms with van der Waals surface area (Å²) in [5, 5.41) is 4.14. The fourth-order valence-corrected chi connectivity index (χ4v) is 3.43. The monoisotopic (exact) mass is 320 g/mol. The molecule has 0 aromatic carbocycles. The van der Waals surface area contributed by atoms with E-state index < -0.39 is 5.60 Å². The van der Waals surface area contributed by atoms with Crippen molar-refractivity contribution in [2.75, 3.05) is 33.3 Å². The molecule has 2 aliphatic heterocycles. The van der Waals surface area contributed by atoms with Gasteiger partial charge in [-0.3, -0.25) is 14.3 Å². The van der Waals surface area contributed by atoms with E-state index in [9.17, 15) is 9.59 Å². The van der Waals surface area contributed by atoms with Gasteiger partial charge in [0, 0.05) is 32.9 Å². The zero-order chi connectivity index (χ0) is 16.6. The van der Waals surface area contributed by atoms with Crippen LogP contribution in [-0.2, 0) is 16.6 Å². The van der Waals surface area contributed by atoms with Crippen molar-refractivity contribution in [1.82, 2.24) is 19.6 Å². The molecule has 0 saturated carbocycles. The molecule has 126 valence electrons. The number of likely N-dealkylation sites (tertiary alicyclic amines) is 1. The number of amides is 2. The number of nitrogens with zero attached hydrogens (tertiary/aromatic N) is 4. The number of ether oxygens (including phenoxy) is 1. The SMILES string of the molecule is Cc1c(C(=O)N2CCOC3(CCCCN(C)C3=O)C2)cnn1C. The Morgan fingerprint density at radius 3 is 2.78 bits per heavy atom. The lowest BCUT2D eigenvalue weighted by Gasteiger charge is -2.42. The Bertz CT molecular complexity index is 627. The Hall–Kier alpha value is -1.89. The third-order valence-corrected chi connectivity index (χ3v) is 5.00. The van der Waals surface area contributed by atoms with Gasteiger partial charge in [0.15, 0.2) is 5.60 Å². The maximum absolute atomic E-state index is 12.8. The Labute approximate surface area is 136 Å². The molecular weight excluding hydrogens is 296 g/mol. The molecule has 7 nitrogen and oxygen atoms in total. The fraction of sp³-hybridized carbons (Fsp3) is 0.688. The van der Waals surface area contributed by atoms with Gasteiger partial charge in [0.05, 0.1) is 24.9 Å². The van der Waals surface area contributed by atoms with Crippen molar-refractivity contribution in [1.29, 1.82) is 0 Å². The number of morpholine rings is 1. The Morgan fingerprint density at radius 1 is 1.30 bits per heavy atom. The van der Waals surface area contributed by atoms with E-state index in [-0.39, 0.29) is 11.8 Å². The average Bonchev–Trinajstić information content (AvgIpc) is 2.83. The lowest BCUT2D eigenvalue weighted by molar-refractivity contribution is -0.166. The van der Waals surface area contributed by atoms with Crippen molar-refractivity contribution >= 4 is 11.8 Å². The molecular formula is C16H24N4O3. The molecule has 1 spiro atoms. The van der Waals surface area contributed by atoms with Gasteiger partial charge in [-0.05, 0) is 26.2 Å². The summed E-state index contributed by atoms with van der Waals surface area (Å²) in [4.78, 5) is 29.0. The molecule has 1 unspecified atom stereocenters. The number of carbonyl (C=O) groups excluding carboxylic acids is 2. The molecule has 1 aromatic rings. The van der Waals surface area contributed by atoms with Crippen LogP contribution in [0.5, 0.6) is 0 Å². The number of aryl methyl sites for hydroxylation is 1. The summed E-state index contributed by atoms with van der Waals surface area (Å²) < 4.78 is 7.60. The van der Waals surface area contributed by atoms with Gasteiger partial charge in [0.1, 0.15) is 0 Å². The van der Waals surface area contributed by atoms with Crippen LogP contribution < -0.4 is 0 Å². The standard InChI is InChI=1S/C16H24N4O3/c1-12-13(10-17-19(12)3)14(21)20-8-9-23-16(11-20)6-4-5-7-18(2)15(16)22/h10H,4-9,11H2,1-3H3. The molecule has 1 aromatic heterocycles. The van der Waals surface area contributed by atoms with Crippen molar-refractivity contribution in [2.45, 2.75) is 31.8 Å². The predicted octanol–water partition coefficient (Wildman–Crippen LogP) is 0.582. The van der Waals surface area contributed by atoms with E-state index in [1.165, 1.54) is 0 Å². The number of hydrogen-bond acceptors (Lipinski definition) is 4. The second kappa shape index (κ2) is 5.96. The van der Waals surface area contributed by atoms with Gasteiger partial charge in [-0.15, -0.1) is 0 Å². The van der Waals surface area contributed by atoms with Crippen LogP contribution in [0.15, 0.2) is 6.20 Å². The minimum atomic E-state index is -0.880. The van der Waals surface area contributed by atoms with Crippen LogP contribution in [0.2, 0.25) is 0 Å². The number of hydrogen-bond donors (Lipinski definition) is 0. The van der Waals surface area contributed by atoms with E-state index in [2.05, 4.69) is 5.10 Å². The molecule has 3 rings (SSSR count). The molecule has 0 bridgehead atoms. The first-order valence-corrected chi connectivity index (χ1v) is 8.12. The highest BCUT2D eigenvalue weighted by Crippen LogP contribution is 2.30. The van der Waals surface area contributed by atoms with Crippen LogP contribution >= 0.6 is 0 Å². The largest absolute Gasteiger partial charge is 0.361 e. The minimum Gasteiger partial charge on any atom is -0.361 e. The van der Waals surface area contributed by atoms with Crippen LogP contribution in [-0.4, -0.2) is 70.3 Å². The molecule has 7 heteroatoms. The van der Waals surface area contributed by atoms with E-state index in [1.807, 2.05) is 21.0 Å². The van der Waals surface area contributed by atoms with Crippen LogP contribution in [0.4, 0.5) is 0 Å². The molecule has 0 N–H and O–H groups in total. The molecule has 0 radical (unpaired) electrons. The molecule has 3 heterocycles. The zero-order valence-electron chi connectivity index (χ0n) is 14.0. The highest BCUT2D eigenvalue weighted by molar-refractivity contribution is 5.96. The quantitative estimate of drug-likeness (QED) is 0.759. The average molecular weight is 320 g/mol. The van der Waals surface area contributed by atoms with Gasteiger partial charge < -0.3 is 14.5 Å². The third-order valence-electron chi connectivity index (χ3n) is 5.00. The highest BCUT2D eigenvalue weighted by Gasteiger charge is 2.47. The van der Waals surface area contributed by atoms with Crippen LogP contribution in [0.3, 0.4) is 0 Å². The zero-order valence-corrected chi connectivity index (χ0v) is 14.0. The summed E-state index contributed by atoms with van der Waals surface area (Å²) in [5.74, 6) is -0.0756. The first-order valence-electron chi connectivity index (χ1n) is 8.12. The first-order chi connectivity index (χ1) is 10.9. The number of rotatable bonds is 1. The Morgan fingerprint density at radius 2 is 2.09 bits per heavy atom. The summed E-state index contributed by atoms with van der Waals surface area (Å²) in [6, 6.07) is 0. The van der Waals surface area contributed by atoms with Crippen molar-refractivity contribution in [3.63, 3.8) is 0 Å². The van der Waals surface area contributed by atoms with Crippen molar-refractivity contribution < 1.29 is 14.3 Å². The summed E-state index contributed by atoms with van der Waals surface area (Å²) in [7, 11) is 3.63. The lowest BCUT2D eigenvalue weighted by Crippen LogP contribution is -2.60. The number of aromatic nitrogens is 2. The Balaban J connectivity index is 1.84. The van der Waals surface area contributed by atoms with Crippen LogP contribution in [0, 0.1) is 6.92 Å². The summed E-state index contributed by atoms with van der Waals surface area (Å²) in [6.07, 6.45) is 4.18. The molecule has 2 fully saturated rings. The smallest absolute Gasteiger partial charge is 0.257 e. The predicted molar refractivity (Wildman–Crippen MR) is 84.0 cm³/mol. The molecule has 23 heavy (non-hydrogen) atoms. The molecule has 1 atom stereocenters. The van der Waals surface area contributed by atoms with Gasteiger partial charge in [0.2, 0.25) is 0 Å². The van der Waals surface area contributed by atoms with Gasteiger partial charge in [-0.2, -0.15) is 5.10 Å². The van der Waals surface area contributed by atoms with Crippen molar-refractivity contribution in [3.8, 4) is 0 Å². The molecule has 2 saturated heterocycles. The van der Waals surface area contributed by atoms with Crippen molar-refractivity contribution in [2.24, 2.45) is 7.05 Å². The Kier molecular flexibility index (Phi) is 4.14. The van der Waals surface area contributed by atoms with E-state index in [1.54, 1.807) is 20.7 Å². The summed E-state index contributed by atoms with van der Waals surface area (Å²) >= 11 is 0. The second-order valence-electron chi connectivity index (χ2n) is 6.52. The van der Waals surface area contributed by atoms with Gasteiger partial charge in [-0.25, -0.2) is 0 Å². The fourth-order valence-electron chi connectivity index (χ4n) is 3.43. The van der Waals surface area contributed by atoms with E-state index >= 15 is 0 Å². The topological polar surface area (TPSA) is 67.7 Å². The van der Waals surface area contributed by atoms with E-state index in [0.29, 0.717) is 31.7 Å². The highest BCUT2D eigenvalue weighted by atomic mass is 16.5. The number of carbonyl (C=O) groups is 2. The number of likely N-dealkylation sites (N-methyl/N-ethyl adjacent to an activating group) is 1.